The summed E-state index contributed by atoms with van der Waals surface area (Å²) in [5.74, 6) is 5.46. The monoisotopic (exact) mass is 274 g/mol. The number of carbonyl (C=O) groups excluding carboxylic acids is 1. The van der Waals surface area contributed by atoms with E-state index in [1.165, 1.54) is 13.4 Å². The van der Waals surface area contributed by atoms with Gasteiger partial charge in [-0.15, -0.1) is 0 Å². The summed E-state index contributed by atoms with van der Waals surface area (Å²) in [5.41, 5.74) is 9.35. The SMILES string of the molecule is COC(=O)c1ccccc1Nc1ncnc(NN)c1N. The average Bonchev–Trinajstić information content (AvgIpc) is 2.49. The summed E-state index contributed by atoms with van der Waals surface area (Å²) in [4.78, 5) is 19.6. The molecular formula is C12H14N6O2. The molecule has 1 aromatic heterocycles. The summed E-state index contributed by atoms with van der Waals surface area (Å²) >= 11 is 0. The number of nitrogens with one attached hydrogen (secondary N) is 2. The third-order valence-corrected chi connectivity index (χ3v) is 2.61. The smallest absolute Gasteiger partial charge is 0.339 e. The molecule has 1 heterocycles. The van der Waals surface area contributed by atoms with E-state index in [0.717, 1.165) is 0 Å². The maximum absolute atomic E-state index is 11.7. The Balaban J connectivity index is 2.38. The second-order valence-corrected chi connectivity index (χ2v) is 3.79. The lowest BCUT2D eigenvalue weighted by molar-refractivity contribution is 0.0602. The van der Waals surface area contributed by atoms with Crippen molar-refractivity contribution in [1.29, 1.82) is 0 Å². The lowest BCUT2D eigenvalue weighted by atomic mass is 10.2. The molecule has 0 bridgehead atoms. The third-order valence-electron chi connectivity index (χ3n) is 2.61. The van der Waals surface area contributed by atoms with Crippen molar-refractivity contribution in [1.82, 2.24) is 9.97 Å². The van der Waals surface area contributed by atoms with E-state index in [2.05, 4.69) is 20.7 Å². The van der Waals surface area contributed by atoms with Crippen LogP contribution in [0, 0.1) is 0 Å². The van der Waals surface area contributed by atoms with E-state index in [9.17, 15) is 4.79 Å². The first kappa shape index (κ1) is 13.6. The lowest BCUT2D eigenvalue weighted by Gasteiger charge is -2.12. The van der Waals surface area contributed by atoms with E-state index in [-0.39, 0.29) is 11.5 Å². The Kier molecular flexibility index (Phi) is 3.96. The van der Waals surface area contributed by atoms with Gasteiger partial charge in [0.15, 0.2) is 11.6 Å². The number of nitrogens with two attached hydrogens (primary N) is 2. The molecule has 0 saturated carbocycles. The molecule has 6 N–H and O–H groups in total. The van der Waals surface area contributed by atoms with Gasteiger partial charge in [0.1, 0.15) is 12.0 Å². The number of hydrazine groups is 1. The van der Waals surface area contributed by atoms with Crippen LogP contribution in [0.15, 0.2) is 30.6 Å². The van der Waals surface area contributed by atoms with Crippen LogP contribution < -0.4 is 22.3 Å². The fourth-order valence-electron chi connectivity index (χ4n) is 1.62. The summed E-state index contributed by atoms with van der Waals surface area (Å²) in [6.45, 7) is 0. The van der Waals surface area contributed by atoms with Gasteiger partial charge in [0, 0.05) is 0 Å². The fourth-order valence-corrected chi connectivity index (χ4v) is 1.62. The van der Waals surface area contributed by atoms with E-state index in [4.69, 9.17) is 16.3 Å². The number of aromatic nitrogens is 2. The van der Waals surface area contributed by atoms with Gasteiger partial charge in [-0.1, -0.05) is 12.1 Å². The lowest BCUT2D eigenvalue weighted by Crippen LogP contribution is -2.13. The van der Waals surface area contributed by atoms with E-state index in [1.54, 1.807) is 24.3 Å². The molecule has 0 amide bonds. The van der Waals surface area contributed by atoms with Gasteiger partial charge in [0.05, 0.1) is 18.4 Å². The Morgan fingerprint density at radius 1 is 1.25 bits per heavy atom. The van der Waals surface area contributed by atoms with Crippen LogP contribution in [0.4, 0.5) is 23.0 Å². The molecule has 0 unspecified atom stereocenters. The Labute approximate surface area is 115 Å². The van der Waals surface area contributed by atoms with Gasteiger partial charge in [-0.2, -0.15) is 0 Å². The maximum atomic E-state index is 11.7. The molecular weight excluding hydrogens is 260 g/mol. The highest BCUT2D eigenvalue weighted by Crippen LogP contribution is 2.27. The van der Waals surface area contributed by atoms with Crippen molar-refractivity contribution in [3.05, 3.63) is 36.2 Å². The molecule has 8 heteroatoms. The van der Waals surface area contributed by atoms with Crippen LogP contribution in [0.25, 0.3) is 0 Å². The molecule has 0 saturated heterocycles. The molecule has 1 aromatic carbocycles. The zero-order chi connectivity index (χ0) is 14.5. The first-order chi connectivity index (χ1) is 9.67. The highest BCUT2D eigenvalue weighted by Gasteiger charge is 2.13. The van der Waals surface area contributed by atoms with Crippen molar-refractivity contribution in [2.45, 2.75) is 0 Å². The molecule has 20 heavy (non-hydrogen) atoms. The molecule has 8 nitrogen and oxygen atoms in total. The van der Waals surface area contributed by atoms with Crippen LogP contribution in [-0.2, 0) is 4.74 Å². The van der Waals surface area contributed by atoms with Gasteiger partial charge in [0.25, 0.3) is 0 Å². The molecule has 2 aromatic rings. The van der Waals surface area contributed by atoms with Crippen molar-refractivity contribution in [2.75, 3.05) is 23.6 Å². The summed E-state index contributed by atoms with van der Waals surface area (Å²) in [7, 11) is 1.31. The Morgan fingerprint density at radius 2 is 1.95 bits per heavy atom. The van der Waals surface area contributed by atoms with Crippen LogP contribution in [0.2, 0.25) is 0 Å². The summed E-state index contributed by atoms with van der Waals surface area (Å²) in [5, 5.41) is 2.96. The minimum atomic E-state index is -0.460. The van der Waals surface area contributed by atoms with Gasteiger partial charge < -0.3 is 21.2 Å². The number of hydrogen-bond donors (Lipinski definition) is 4. The number of hydrogen-bond acceptors (Lipinski definition) is 8. The van der Waals surface area contributed by atoms with Crippen LogP contribution >= 0.6 is 0 Å². The summed E-state index contributed by atoms with van der Waals surface area (Å²) < 4.78 is 4.71. The topological polar surface area (TPSA) is 128 Å². The second kappa shape index (κ2) is 5.85. The quantitative estimate of drug-likeness (QED) is 0.367. The molecule has 0 atom stereocenters. The maximum Gasteiger partial charge on any atom is 0.339 e. The Morgan fingerprint density at radius 3 is 2.65 bits per heavy atom. The van der Waals surface area contributed by atoms with Crippen LogP contribution in [-0.4, -0.2) is 23.0 Å². The molecule has 0 aliphatic rings. The van der Waals surface area contributed by atoms with E-state index in [0.29, 0.717) is 17.1 Å². The minimum absolute atomic E-state index is 0.245. The van der Waals surface area contributed by atoms with Crippen molar-refractivity contribution >= 4 is 29.0 Å². The number of esters is 1. The highest BCUT2D eigenvalue weighted by molar-refractivity contribution is 5.97. The van der Waals surface area contributed by atoms with Gasteiger partial charge in [0.2, 0.25) is 0 Å². The highest BCUT2D eigenvalue weighted by atomic mass is 16.5. The van der Waals surface area contributed by atoms with E-state index < -0.39 is 5.97 Å². The molecule has 0 fully saturated rings. The summed E-state index contributed by atoms with van der Waals surface area (Å²) in [6, 6.07) is 6.85. The van der Waals surface area contributed by atoms with Crippen molar-refractivity contribution < 1.29 is 9.53 Å². The molecule has 0 radical (unpaired) electrons. The number of carbonyl (C=O) groups is 1. The largest absolute Gasteiger partial charge is 0.465 e. The van der Waals surface area contributed by atoms with Gasteiger partial charge in [-0.25, -0.2) is 20.6 Å². The standard InChI is InChI=1S/C12H14N6O2/c1-20-12(19)7-4-2-3-5-8(7)17-10-9(13)11(18-14)16-6-15-10/h2-6H,13-14H2,1H3,(H2,15,16,17,18). The minimum Gasteiger partial charge on any atom is -0.465 e. The number of anilines is 4. The molecule has 0 spiro atoms. The Bertz CT molecular complexity index is 631. The summed E-state index contributed by atoms with van der Waals surface area (Å²) in [6.07, 6.45) is 1.30. The molecule has 104 valence electrons. The predicted octanol–water partition coefficient (Wildman–Crippen LogP) is 0.875. The van der Waals surface area contributed by atoms with Crippen LogP contribution in [0.1, 0.15) is 10.4 Å². The molecule has 0 aliphatic carbocycles. The van der Waals surface area contributed by atoms with Crippen molar-refractivity contribution in [3.8, 4) is 0 Å². The second-order valence-electron chi connectivity index (χ2n) is 3.79. The first-order valence-electron chi connectivity index (χ1n) is 5.68. The average molecular weight is 274 g/mol. The zero-order valence-electron chi connectivity index (χ0n) is 10.8. The zero-order valence-corrected chi connectivity index (χ0v) is 10.8. The van der Waals surface area contributed by atoms with Crippen LogP contribution in [0.3, 0.4) is 0 Å². The molecule has 2 rings (SSSR count). The predicted molar refractivity (Wildman–Crippen MR) is 75.3 cm³/mol. The van der Waals surface area contributed by atoms with E-state index in [1.807, 2.05) is 0 Å². The Hall–Kier alpha value is -2.87. The fraction of sp³-hybridized carbons (Fsp3) is 0.0833. The number of nitrogens with zero attached hydrogens (tertiary/aromatic N) is 2. The number of methoxy groups -OCH3 is 1. The van der Waals surface area contributed by atoms with Crippen molar-refractivity contribution in [3.63, 3.8) is 0 Å². The third kappa shape index (κ3) is 2.59. The van der Waals surface area contributed by atoms with Gasteiger partial charge in [-0.05, 0) is 12.1 Å². The van der Waals surface area contributed by atoms with E-state index >= 15 is 0 Å². The van der Waals surface area contributed by atoms with Crippen molar-refractivity contribution in [2.24, 2.45) is 5.84 Å². The van der Waals surface area contributed by atoms with Gasteiger partial charge >= 0.3 is 5.97 Å². The van der Waals surface area contributed by atoms with Gasteiger partial charge in [-0.3, -0.25) is 0 Å². The number of nitrogen functional groups attached to an aromatic ring is 2. The molecule has 0 aliphatic heterocycles. The number of rotatable bonds is 4. The van der Waals surface area contributed by atoms with Crippen LogP contribution in [0.5, 0.6) is 0 Å². The number of para-hydroxylation sites is 1. The number of ether oxygens (including phenoxy) is 1. The number of benzene rings is 1. The normalized spacial score (nSPS) is 9.90. The first-order valence-corrected chi connectivity index (χ1v) is 5.68.